The van der Waals surface area contributed by atoms with E-state index in [4.69, 9.17) is 9.47 Å². The van der Waals surface area contributed by atoms with Gasteiger partial charge in [0.05, 0.1) is 22.3 Å². The number of esters is 4. The summed E-state index contributed by atoms with van der Waals surface area (Å²) in [5.41, 5.74) is 1.43. The number of hydrogen-bond donors (Lipinski definition) is 0. The molecule has 0 bridgehead atoms. The maximum Gasteiger partial charge on any atom is 0.347 e. The Morgan fingerprint density at radius 3 is 1.21 bits per heavy atom. The van der Waals surface area contributed by atoms with Gasteiger partial charge in [-0.3, -0.25) is 0 Å². The lowest BCUT2D eigenvalue weighted by atomic mass is 10.0. The average Bonchev–Trinajstić information content (AvgIpc) is 3.37. The number of rotatable bonds is 6. The van der Waals surface area contributed by atoms with Crippen LogP contribution >= 0.6 is 0 Å². The summed E-state index contributed by atoms with van der Waals surface area (Å²) in [7, 11) is 0. The van der Waals surface area contributed by atoms with Crippen LogP contribution in [-0.2, 0) is 9.47 Å². The van der Waals surface area contributed by atoms with E-state index in [2.05, 4.69) is 9.47 Å². The molecule has 0 atom stereocenters. The summed E-state index contributed by atoms with van der Waals surface area (Å²) < 4.78 is 35.8. The Hall–Kier alpha value is -5.31. The van der Waals surface area contributed by atoms with Crippen LogP contribution in [0.4, 0.5) is 4.39 Å². The van der Waals surface area contributed by atoms with Gasteiger partial charge in [-0.15, -0.1) is 0 Å². The topological polar surface area (TPSA) is 105 Å². The van der Waals surface area contributed by atoms with Crippen molar-refractivity contribution in [2.24, 2.45) is 0 Å². The third-order valence-corrected chi connectivity index (χ3v) is 6.05. The van der Waals surface area contributed by atoms with Crippen molar-refractivity contribution in [3.8, 4) is 23.0 Å². The molecular weight excluding hydrogens is 495 g/mol. The molecule has 186 valence electrons. The zero-order valence-corrected chi connectivity index (χ0v) is 19.3. The Kier molecular flexibility index (Phi) is 5.45. The van der Waals surface area contributed by atoms with E-state index in [0.29, 0.717) is 34.1 Å². The second-order valence-corrected chi connectivity index (χ2v) is 8.47. The fraction of sp³-hybridized carbons (Fsp3) is 0.0345. The Balaban J connectivity index is 1.12. The third-order valence-electron chi connectivity index (χ3n) is 6.05. The van der Waals surface area contributed by atoms with Crippen LogP contribution in [0.3, 0.4) is 0 Å². The van der Waals surface area contributed by atoms with Gasteiger partial charge in [0.15, 0.2) is 6.17 Å². The van der Waals surface area contributed by atoms with Gasteiger partial charge < -0.3 is 18.9 Å². The maximum atomic E-state index is 15.2. The van der Waals surface area contributed by atoms with Gasteiger partial charge in [-0.2, -0.15) is 0 Å². The summed E-state index contributed by atoms with van der Waals surface area (Å²) in [5, 5.41) is 0. The molecule has 0 fully saturated rings. The first-order chi connectivity index (χ1) is 18.4. The minimum absolute atomic E-state index is 0.133. The van der Waals surface area contributed by atoms with Crippen LogP contribution in [0, 0.1) is 0 Å². The van der Waals surface area contributed by atoms with Crippen LogP contribution < -0.4 is 9.47 Å². The summed E-state index contributed by atoms with van der Waals surface area (Å²) in [6.45, 7) is 0. The highest BCUT2D eigenvalue weighted by Gasteiger charge is 2.31. The van der Waals surface area contributed by atoms with E-state index in [1.165, 1.54) is 24.3 Å². The molecule has 38 heavy (non-hydrogen) atoms. The first kappa shape index (κ1) is 23.1. The minimum Gasteiger partial charge on any atom is -0.457 e. The van der Waals surface area contributed by atoms with Crippen LogP contribution in [0.2, 0.25) is 0 Å². The largest absolute Gasteiger partial charge is 0.457 e. The summed E-state index contributed by atoms with van der Waals surface area (Å²) in [6, 6.07) is 21.6. The Morgan fingerprint density at radius 2 is 0.816 bits per heavy atom. The highest BCUT2D eigenvalue weighted by atomic mass is 19.1. The van der Waals surface area contributed by atoms with E-state index in [1.54, 1.807) is 60.7 Å². The van der Waals surface area contributed by atoms with Crippen molar-refractivity contribution < 1.29 is 42.5 Å². The monoisotopic (exact) mass is 510 g/mol. The van der Waals surface area contributed by atoms with E-state index in [-0.39, 0.29) is 22.3 Å². The number of benzene rings is 4. The summed E-state index contributed by atoms with van der Waals surface area (Å²) >= 11 is 0. The van der Waals surface area contributed by atoms with Crippen molar-refractivity contribution in [3.05, 3.63) is 118 Å². The summed E-state index contributed by atoms with van der Waals surface area (Å²) in [4.78, 5) is 46.6. The van der Waals surface area contributed by atoms with Crippen LogP contribution in [0.25, 0.3) is 0 Å². The molecular formula is C29H15FO8. The predicted octanol–water partition coefficient (Wildman–Crippen LogP) is 5.95. The molecule has 2 aliphatic heterocycles. The second-order valence-electron chi connectivity index (χ2n) is 8.47. The van der Waals surface area contributed by atoms with Crippen molar-refractivity contribution in [2.45, 2.75) is 6.17 Å². The molecule has 6 rings (SSSR count). The van der Waals surface area contributed by atoms with Gasteiger partial charge in [-0.1, -0.05) is 24.3 Å². The van der Waals surface area contributed by atoms with E-state index >= 15 is 4.39 Å². The SMILES string of the molecule is O=C1OC(=O)c2cc(Oc3ccc(C(F)c4ccc(Oc5ccc6c(c5)C(=O)OC6=O)cc4)cc3)ccc21. The zero-order chi connectivity index (χ0) is 26.4. The lowest BCUT2D eigenvalue weighted by Crippen LogP contribution is -1.97. The summed E-state index contributed by atoms with van der Waals surface area (Å²) in [6.07, 6.45) is -1.42. The fourth-order valence-corrected chi connectivity index (χ4v) is 4.13. The van der Waals surface area contributed by atoms with Crippen LogP contribution in [0.1, 0.15) is 58.7 Å². The molecule has 0 aliphatic carbocycles. The molecule has 0 amide bonds. The van der Waals surface area contributed by atoms with Crippen molar-refractivity contribution in [2.75, 3.05) is 0 Å². The highest BCUT2D eigenvalue weighted by Crippen LogP contribution is 2.33. The Bertz CT molecular complexity index is 1520. The number of carbonyl (C=O) groups is 4. The molecule has 0 radical (unpaired) electrons. The normalized spacial score (nSPS) is 13.7. The first-order valence-electron chi connectivity index (χ1n) is 11.4. The van der Waals surface area contributed by atoms with Crippen LogP contribution in [-0.4, -0.2) is 23.9 Å². The minimum atomic E-state index is -1.42. The van der Waals surface area contributed by atoms with Crippen molar-refractivity contribution >= 4 is 23.9 Å². The number of alkyl halides is 1. The van der Waals surface area contributed by atoms with E-state index in [1.807, 2.05) is 0 Å². The Morgan fingerprint density at radius 1 is 0.474 bits per heavy atom. The lowest BCUT2D eigenvalue weighted by molar-refractivity contribution is 0.0425. The number of halogens is 1. The van der Waals surface area contributed by atoms with Gasteiger partial charge in [0.25, 0.3) is 0 Å². The predicted molar refractivity (Wildman–Crippen MR) is 128 cm³/mol. The number of cyclic esters (lactones) is 4. The highest BCUT2D eigenvalue weighted by molar-refractivity contribution is 6.15. The average molecular weight is 510 g/mol. The molecule has 0 unspecified atom stereocenters. The molecule has 0 N–H and O–H groups in total. The molecule has 2 aliphatic rings. The van der Waals surface area contributed by atoms with E-state index in [9.17, 15) is 19.2 Å². The molecule has 0 spiro atoms. The number of hydrogen-bond acceptors (Lipinski definition) is 8. The molecule has 9 heteroatoms. The third kappa shape index (κ3) is 4.16. The van der Waals surface area contributed by atoms with Crippen molar-refractivity contribution in [1.82, 2.24) is 0 Å². The smallest absolute Gasteiger partial charge is 0.347 e. The first-order valence-corrected chi connectivity index (χ1v) is 11.4. The number of fused-ring (bicyclic) bond motifs is 2. The van der Waals surface area contributed by atoms with Gasteiger partial charge >= 0.3 is 23.9 Å². The summed E-state index contributed by atoms with van der Waals surface area (Å²) in [5.74, 6) is -1.33. The standard InChI is InChI=1S/C29H15FO8/c30-25(15-1-5-17(6-2-15)35-19-9-11-21-23(13-19)28(33)37-26(21)31)16-3-7-18(8-4-16)36-20-10-12-22-24(14-20)29(34)38-27(22)32/h1-14,25H. The number of carbonyl (C=O) groups excluding carboxylic acids is 4. The van der Waals surface area contributed by atoms with Gasteiger partial charge in [0.1, 0.15) is 23.0 Å². The molecule has 0 saturated heterocycles. The zero-order valence-electron chi connectivity index (χ0n) is 19.3. The molecule has 2 heterocycles. The van der Waals surface area contributed by atoms with Crippen LogP contribution in [0.15, 0.2) is 84.9 Å². The van der Waals surface area contributed by atoms with Gasteiger partial charge in [-0.05, 0) is 71.8 Å². The van der Waals surface area contributed by atoms with Crippen molar-refractivity contribution in [3.63, 3.8) is 0 Å². The Labute approximate surface area is 214 Å². The second kappa shape index (κ2) is 8.97. The van der Waals surface area contributed by atoms with Crippen molar-refractivity contribution in [1.29, 1.82) is 0 Å². The molecule has 0 saturated carbocycles. The van der Waals surface area contributed by atoms with Crippen LogP contribution in [0.5, 0.6) is 23.0 Å². The van der Waals surface area contributed by atoms with E-state index < -0.39 is 30.0 Å². The molecule has 8 nitrogen and oxygen atoms in total. The maximum absolute atomic E-state index is 15.2. The fourth-order valence-electron chi connectivity index (χ4n) is 4.13. The number of ether oxygens (including phenoxy) is 4. The van der Waals surface area contributed by atoms with E-state index in [0.717, 1.165) is 0 Å². The molecule has 0 aromatic heterocycles. The molecule has 4 aromatic carbocycles. The molecule has 4 aromatic rings. The quantitative estimate of drug-likeness (QED) is 0.231. The lowest BCUT2D eigenvalue weighted by Gasteiger charge is -2.12. The van der Waals surface area contributed by atoms with Gasteiger partial charge in [-0.25, -0.2) is 23.6 Å². The van der Waals surface area contributed by atoms with Gasteiger partial charge in [0.2, 0.25) is 0 Å². The van der Waals surface area contributed by atoms with Gasteiger partial charge in [0, 0.05) is 0 Å².